The maximum absolute atomic E-state index is 12.7. The first kappa shape index (κ1) is 24.3. The van der Waals surface area contributed by atoms with Crippen LogP contribution in [0.4, 0.5) is 0 Å². The number of carboxylic acid groups (broad SMARTS) is 1. The molecule has 7 heteroatoms. The summed E-state index contributed by atoms with van der Waals surface area (Å²) in [5, 5.41) is 13.3. The Kier molecular flexibility index (Phi) is 7.34. The molecule has 7 nitrogen and oxygen atoms in total. The Bertz CT molecular complexity index is 1430. The van der Waals surface area contributed by atoms with E-state index < -0.39 is 11.6 Å². The molecule has 0 spiro atoms. The highest BCUT2D eigenvalue weighted by molar-refractivity contribution is 6.03. The third-order valence-electron chi connectivity index (χ3n) is 6.33. The van der Waals surface area contributed by atoms with Crippen molar-refractivity contribution in [3.63, 3.8) is 0 Å². The lowest BCUT2D eigenvalue weighted by Gasteiger charge is -2.09. The molecule has 0 aliphatic rings. The first-order chi connectivity index (χ1) is 16.8. The summed E-state index contributed by atoms with van der Waals surface area (Å²) in [5.74, 6) is -0.158. The number of aryl methyl sites for hydroxylation is 2. The molecule has 0 unspecified atom stereocenters. The van der Waals surface area contributed by atoms with Gasteiger partial charge in [-0.15, -0.1) is 0 Å². The Morgan fingerprint density at radius 2 is 1.66 bits per heavy atom. The SMILES string of the molecule is Cc1oc2cc3oc(=O)c(CCC(=O)NCCCCCC(=O)O)c(C)c3cc2c1-c1ccccc1. The lowest BCUT2D eigenvalue weighted by atomic mass is 9.98. The van der Waals surface area contributed by atoms with Gasteiger partial charge in [0.2, 0.25) is 5.91 Å². The summed E-state index contributed by atoms with van der Waals surface area (Å²) >= 11 is 0. The van der Waals surface area contributed by atoms with E-state index in [4.69, 9.17) is 13.9 Å². The lowest BCUT2D eigenvalue weighted by molar-refractivity contribution is -0.137. The smallest absolute Gasteiger partial charge is 0.339 e. The molecule has 2 aromatic heterocycles. The highest BCUT2D eigenvalue weighted by Crippen LogP contribution is 2.37. The van der Waals surface area contributed by atoms with Crippen molar-refractivity contribution in [1.82, 2.24) is 5.32 Å². The number of hydrogen-bond acceptors (Lipinski definition) is 5. The first-order valence-corrected chi connectivity index (χ1v) is 11.9. The average molecular weight is 476 g/mol. The maximum atomic E-state index is 12.7. The van der Waals surface area contributed by atoms with E-state index in [0.717, 1.165) is 46.1 Å². The molecule has 4 aromatic rings. The second-order valence-electron chi connectivity index (χ2n) is 8.79. The number of amides is 1. The van der Waals surface area contributed by atoms with Crippen molar-refractivity contribution in [2.75, 3.05) is 6.54 Å². The minimum absolute atomic E-state index is 0.141. The predicted molar refractivity (Wildman–Crippen MR) is 135 cm³/mol. The van der Waals surface area contributed by atoms with Gasteiger partial charge in [-0.2, -0.15) is 0 Å². The second kappa shape index (κ2) is 10.6. The Morgan fingerprint density at radius 3 is 2.40 bits per heavy atom. The summed E-state index contributed by atoms with van der Waals surface area (Å²) in [6.45, 7) is 4.30. The molecule has 0 aliphatic heterocycles. The Balaban J connectivity index is 1.52. The molecule has 2 aromatic carbocycles. The molecule has 0 radical (unpaired) electrons. The van der Waals surface area contributed by atoms with E-state index in [-0.39, 0.29) is 25.2 Å². The van der Waals surface area contributed by atoms with Crippen molar-refractivity contribution in [3.05, 3.63) is 69.8 Å². The van der Waals surface area contributed by atoms with Crippen molar-refractivity contribution < 1.29 is 23.5 Å². The van der Waals surface area contributed by atoms with E-state index in [0.29, 0.717) is 29.7 Å². The third-order valence-corrected chi connectivity index (χ3v) is 6.33. The van der Waals surface area contributed by atoms with Crippen LogP contribution in [-0.4, -0.2) is 23.5 Å². The maximum Gasteiger partial charge on any atom is 0.339 e. The fourth-order valence-corrected chi connectivity index (χ4v) is 4.49. The van der Waals surface area contributed by atoms with Crippen LogP contribution >= 0.6 is 0 Å². The van der Waals surface area contributed by atoms with Crippen LogP contribution in [-0.2, 0) is 16.0 Å². The quantitative estimate of drug-likeness (QED) is 0.231. The first-order valence-electron chi connectivity index (χ1n) is 11.9. The summed E-state index contributed by atoms with van der Waals surface area (Å²) in [5.41, 5.74) is 4.04. The summed E-state index contributed by atoms with van der Waals surface area (Å²) in [6, 6.07) is 13.8. The van der Waals surface area contributed by atoms with E-state index in [1.54, 1.807) is 6.07 Å². The molecule has 0 atom stereocenters. The Morgan fingerprint density at radius 1 is 0.914 bits per heavy atom. The standard InChI is InChI=1S/C28H29NO6/c1-17-20(12-13-25(30)29-14-8-4-7-11-26(31)32)28(33)35-23-16-24-22(15-21(17)23)27(18(2)34-24)19-9-5-3-6-10-19/h3,5-6,9-10,15-16H,4,7-8,11-14H2,1-2H3,(H,29,30)(H,31,32). The van der Waals surface area contributed by atoms with Gasteiger partial charge in [0.15, 0.2) is 0 Å². The van der Waals surface area contributed by atoms with E-state index in [2.05, 4.69) is 5.32 Å². The number of fused-ring (bicyclic) bond motifs is 2. The number of carbonyl (C=O) groups excluding carboxylic acids is 1. The molecular formula is C28H29NO6. The molecule has 0 fully saturated rings. The van der Waals surface area contributed by atoms with Crippen molar-refractivity contribution >= 4 is 33.8 Å². The molecular weight excluding hydrogens is 446 g/mol. The van der Waals surface area contributed by atoms with Gasteiger partial charge in [-0.3, -0.25) is 9.59 Å². The minimum Gasteiger partial charge on any atom is -0.481 e. The fourth-order valence-electron chi connectivity index (χ4n) is 4.49. The van der Waals surface area contributed by atoms with Crippen LogP contribution < -0.4 is 10.9 Å². The molecule has 35 heavy (non-hydrogen) atoms. The zero-order valence-electron chi connectivity index (χ0n) is 20.0. The van der Waals surface area contributed by atoms with E-state index in [9.17, 15) is 14.4 Å². The normalized spacial score (nSPS) is 11.3. The molecule has 0 aliphatic carbocycles. The molecule has 182 valence electrons. The van der Waals surface area contributed by atoms with Gasteiger partial charge in [0.05, 0.1) is 0 Å². The molecule has 4 rings (SSSR count). The highest BCUT2D eigenvalue weighted by atomic mass is 16.4. The molecule has 0 saturated carbocycles. The van der Waals surface area contributed by atoms with E-state index in [1.165, 1.54) is 0 Å². The predicted octanol–water partition coefficient (Wildman–Crippen LogP) is 5.52. The number of furan rings is 1. The zero-order chi connectivity index (χ0) is 24.9. The van der Waals surface area contributed by atoms with Crippen LogP contribution in [0.2, 0.25) is 0 Å². The van der Waals surface area contributed by atoms with E-state index in [1.807, 2.05) is 50.2 Å². The van der Waals surface area contributed by atoms with Crippen molar-refractivity contribution in [2.45, 2.75) is 52.4 Å². The zero-order valence-corrected chi connectivity index (χ0v) is 20.0. The van der Waals surface area contributed by atoms with Gasteiger partial charge in [-0.1, -0.05) is 36.8 Å². The lowest BCUT2D eigenvalue weighted by Crippen LogP contribution is -2.25. The van der Waals surface area contributed by atoms with Crippen LogP contribution in [0.1, 0.15) is 49.0 Å². The van der Waals surface area contributed by atoms with Crippen LogP contribution in [0.3, 0.4) is 0 Å². The highest BCUT2D eigenvalue weighted by Gasteiger charge is 2.18. The number of unbranched alkanes of at least 4 members (excludes halogenated alkanes) is 2. The summed E-state index contributed by atoms with van der Waals surface area (Å²) in [6.07, 6.45) is 2.66. The summed E-state index contributed by atoms with van der Waals surface area (Å²) in [4.78, 5) is 35.5. The number of nitrogens with one attached hydrogen (secondary N) is 1. The Hall–Kier alpha value is -3.87. The third kappa shape index (κ3) is 5.45. The fraction of sp³-hybridized carbons (Fsp3) is 0.321. The van der Waals surface area contributed by atoms with Crippen molar-refractivity contribution in [1.29, 1.82) is 0 Å². The van der Waals surface area contributed by atoms with E-state index >= 15 is 0 Å². The molecule has 0 saturated heterocycles. The van der Waals surface area contributed by atoms with Crippen LogP contribution in [0.25, 0.3) is 33.1 Å². The number of carbonyl (C=O) groups is 2. The van der Waals surface area contributed by atoms with Gasteiger partial charge in [-0.05, 0) is 50.3 Å². The second-order valence-corrected chi connectivity index (χ2v) is 8.79. The van der Waals surface area contributed by atoms with Crippen molar-refractivity contribution in [3.8, 4) is 11.1 Å². The van der Waals surface area contributed by atoms with Gasteiger partial charge >= 0.3 is 11.6 Å². The summed E-state index contributed by atoms with van der Waals surface area (Å²) < 4.78 is 11.6. The topological polar surface area (TPSA) is 110 Å². The minimum atomic E-state index is -0.807. The number of carboxylic acids is 1. The van der Waals surface area contributed by atoms with Gasteiger partial charge in [0.25, 0.3) is 0 Å². The summed E-state index contributed by atoms with van der Waals surface area (Å²) in [7, 11) is 0. The molecule has 0 bridgehead atoms. The average Bonchev–Trinajstić information content (AvgIpc) is 3.15. The number of benzene rings is 2. The molecule has 1 amide bonds. The van der Waals surface area contributed by atoms with Crippen molar-refractivity contribution in [2.24, 2.45) is 0 Å². The number of rotatable bonds is 10. The monoisotopic (exact) mass is 475 g/mol. The van der Waals surface area contributed by atoms with Gasteiger partial charge < -0.3 is 19.3 Å². The van der Waals surface area contributed by atoms with Crippen LogP contribution in [0, 0.1) is 13.8 Å². The Labute approximate surface area is 202 Å². The van der Waals surface area contributed by atoms with Gasteiger partial charge in [0, 0.05) is 47.4 Å². The van der Waals surface area contributed by atoms with Gasteiger partial charge in [-0.25, -0.2) is 4.79 Å². The van der Waals surface area contributed by atoms with Crippen LogP contribution in [0.15, 0.2) is 56.1 Å². The largest absolute Gasteiger partial charge is 0.481 e. The van der Waals surface area contributed by atoms with Crippen LogP contribution in [0.5, 0.6) is 0 Å². The molecule has 2 N–H and O–H groups in total. The number of hydrogen-bond donors (Lipinski definition) is 2. The van der Waals surface area contributed by atoms with Gasteiger partial charge in [0.1, 0.15) is 16.9 Å². The number of aliphatic carboxylic acids is 1. The molecule has 2 heterocycles.